The van der Waals surface area contributed by atoms with Crippen LogP contribution in [0.5, 0.6) is 0 Å². The number of carbonyl (C=O) groups is 6. The zero-order valence-corrected chi connectivity index (χ0v) is 24.3. The van der Waals surface area contributed by atoms with Crippen molar-refractivity contribution in [2.75, 3.05) is 6.54 Å². The summed E-state index contributed by atoms with van der Waals surface area (Å²) in [5.41, 5.74) is -2.53. The lowest BCUT2D eigenvalue weighted by Crippen LogP contribution is -2.47. The molecule has 224 valence electrons. The first-order chi connectivity index (χ1) is 18.1. The highest BCUT2D eigenvalue weighted by molar-refractivity contribution is 6.12. The molecule has 0 aromatic carbocycles. The van der Waals surface area contributed by atoms with E-state index in [9.17, 15) is 28.8 Å². The molecule has 0 fully saturated rings. The molecule has 3 N–H and O–H groups in total. The third-order valence-corrected chi connectivity index (χ3v) is 4.10. The maximum absolute atomic E-state index is 12.7. The molecular formula is C25H39N5O10. The fourth-order valence-corrected chi connectivity index (χ4v) is 2.73. The molecule has 1 aliphatic heterocycles. The van der Waals surface area contributed by atoms with E-state index in [2.05, 4.69) is 20.9 Å². The minimum atomic E-state index is -1.33. The van der Waals surface area contributed by atoms with Gasteiger partial charge in [-0.1, -0.05) is 5.06 Å². The quantitative estimate of drug-likeness (QED) is 0.134. The van der Waals surface area contributed by atoms with Gasteiger partial charge in [0.2, 0.25) is 5.96 Å². The fourth-order valence-electron chi connectivity index (χ4n) is 2.73. The van der Waals surface area contributed by atoms with Crippen LogP contribution in [0.4, 0.5) is 14.4 Å². The maximum Gasteiger partial charge on any atom is 0.437 e. The normalized spacial score (nSPS) is 14.8. The number of rotatable bonds is 7. The SMILES string of the molecule is CC(C)(C)OC(=O)/N=C(\NCCC[C@H](NC(=O)OC(C)(C)C)C(=O)ON1C(=O)C=CC1=O)NC(=O)OC(C)(C)C. The number of alkyl carbamates (subject to hydrolysis) is 2. The Morgan fingerprint density at radius 2 is 1.32 bits per heavy atom. The zero-order valence-electron chi connectivity index (χ0n) is 24.3. The zero-order chi connectivity index (χ0) is 30.9. The summed E-state index contributed by atoms with van der Waals surface area (Å²) in [6.07, 6.45) is -0.868. The van der Waals surface area contributed by atoms with Gasteiger partial charge >= 0.3 is 24.2 Å². The molecule has 5 amide bonds. The first kappa shape index (κ1) is 33.9. The smallest absolute Gasteiger partial charge is 0.437 e. The molecule has 0 unspecified atom stereocenters. The molecule has 0 radical (unpaired) electrons. The monoisotopic (exact) mass is 569 g/mol. The van der Waals surface area contributed by atoms with Crippen LogP contribution in [0.15, 0.2) is 17.1 Å². The van der Waals surface area contributed by atoms with Crippen molar-refractivity contribution in [3.8, 4) is 0 Å². The van der Waals surface area contributed by atoms with Crippen LogP contribution in [0.25, 0.3) is 0 Å². The maximum atomic E-state index is 12.7. The van der Waals surface area contributed by atoms with Crippen molar-refractivity contribution in [3.63, 3.8) is 0 Å². The molecule has 0 aromatic heterocycles. The molecule has 40 heavy (non-hydrogen) atoms. The van der Waals surface area contributed by atoms with Gasteiger partial charge < -0.3 is 29.7 Å². The first-order valence-corrected chi connectivity index (χ1v) is 12.5. The molecule has 0 aliphatic carbocycles. The molecule has 1 rings (SSSR count). The van der Waals surface area contributed by atoms with Gasteiger partial charge in [-0.05, 0) is 75.2 Å². The molecule has 0 saturated heterocycles. The van der Waals surface area contributed by atoms with Crippen molar-refractivity contribution in [3.05, 3.63) is 12.2 Å². The van der Waals surface area contributed by atoms with Crippen LogP contribution in [-0.4, -0.2) is 76.5 Å². The molecule has 15 nitrogen and oxygen atoms in total. The molecule has 0 spiro atoms. The Morgan fingerprint density at radius 1 is 0.825 bits per heavy atom. The predicted octanol–water partition coefficient (Wildman–Crippen LogP) is 2.45. The van der Waals surface area contributed by atoms with Crippen LogP contribution < -0.4 is 16.0 Å². The number of amides is 5. The second-order valence-corrected chi connectivity index (χ2v) is 11.5. The molecule has 1 heterocycles. The standard InChI is InChI=1S/C25H39N5O10/c1-23(2,3)37-20(34)27-15(18(33)40-30-16(31)12-13-17(30)32)11-10-14-26-19(28-21(35)38-24(4,5)6)29-22(36)39-25(7,8)9/h12-13,15H,10-11,14H2,1-9H3,(H,27,34)(H2,26,28,29,35,36)/t15-/m0/s1. The number of ether oxygens (including phenoxy) is 3. The van der Waals surface area contributed by atoms with Gasteiger partial charge in [0.15, 0.2) is 0 Å². The van der Waals surface area contributed by atoms with Gasteiger partial charge in [-0.15, -0.1) is 4.99 Å². The lowest BCUT2D eigenvalue weighted by Gasteiger charge is -2.24. The third-order valence-electron chi connectivity index (χ3n) is 4.10. The van der Waals surface area contributed by atoms with Crippen LogP contribution in [0, 0.1) is 0 Å². The van der Waals surface area contributed by atoms with Gasteiger partial charge in [0, 0.05) is 18.7 Å². The Kier molecular flexibility index (Phi) is 11.6. The van der Waals surface area contributed by atoms with Crippen LogP contribution in [0.3, 0.4) is 0 Å². The molecule has 0 aromatic rings. The number of nitrogens with zero attached hydrogens (tertiary/aromatic N) is 2. The Hall–Kier alpha value is -4.17. The predicted molar refractivity (Wildman–Crippen MR) is 141 cm³/mol. The van der Waals surface area contributed by atoms with E-state index < -0.39 is 58.9 Å². The topological polar surface area (TPSA) is 191 Å². The van der Waals surface area contributed by atoms with E-state index in [4.69, 9.17) is 19.0 Å². The van der Waals surface area contributed by atoms with Crippen molar-refractivity contribution in [2.45, 2.75) is 98.0 Å². The Balaban J connectivity index is 2.93. The highest BCUT2D eigenvalue weighted by Gasteiger charge is 2.33. The van der Waals surface area contributed by atoms with Crippen LogP contribution in [-0.2, 0) is 33.4 Å². The van der Waals surface area contributed by atoms with Crippen molar-refractivity contribution in [1.29, 1.82) is 0 Å². The number of aliphatic imine (C=N–C) groups is 1. The van der Waals surface area contributed by atoms with Gasteiger partial charge in [0.25, 0.3) is 11.8 Å². The summed E-state index contributed by atoms with van der Waals surface area (Å²) < 4.78 is 15.5. The van der Waals surface area contributed by atoms with E-state index in [1.165, 1.54) is 0 Å². The Labute approximate surface area is 232 Å². The highest BCUT2D eigenvalue weighted by atomic mass is 16.7. The molecule has 0 bridgehead atoms. The van der Waals surface area contributed by atoms with Crippen LogP contribution in [0.2, 0.25) is 0 Å². The summed E-state index contributed by atoms with van der Waals surface area (Å²) in [7, 11) is 0. The van der Waals surface area contributed by atoms with E-state index in [0.29, 0.717) is 0 Å². The first-order valence-electron chi connectivity index (χ1n) is 12.5. The highest BCUT2D eigenvalue weighted by Crippen LogP contribution is 2.12. The second kappa shape index (κ2) is 13.8. The summed E-state index contributed by atoms with van der Waals surface area (Å²) in [4.78, 5) is 81.6. The number of hydroxylamine groups is 2. The van der Waals surface area contributed by atoms with E-state index in [0.717, 1.165) is 12.2 Å². The summed E-state index contributed by atoms with van der Waals surface area (Å²) in [5, 5.41) is 7.68. The molecule has 0 saturated carbocycles. The van der Waals surface area contributed by atoms with Crippen molar-refractivity contribution < 1.29 is 47.8 Å². The average molecular weight is 570 g/mol. The molecule has 1 aliphatic rings. The number of nitrogens with one attached hydrogen (secondary N) is 3. The number of hydrogen-bond acceptors (Lipinski definition) is 10. The van der Waals surface area contributed by atoms with Crippen molar-refractivity contribution >= 4 is 42.0 Å². The largest absolute Gasteiger partial charge is 0.444 e. The van der Waals surface area contributed by atoms with Gasteiger partial charge in [-0.2, -0.15) is 0 Å². The van der Waals surface area contributed by atoms with Gasteiger partial charge in [0.1, 0.15) is 22.8 Å². The number of imide groups is 1. The van der Waals surface area contributed by atoms with Crippen molar-refractivity contribution in [2.24, 2.45) is 4.99 Å². The third kappa shape index (κ3) is 14.1. The fraction of sp³-hybridized carbons (Fsp3) is 0.640. The van der Waals surface area contributed by atoms with Gasteiger partial charge in [-0.3, -0.25) is 14.9 Å². The summed E-state index contributed by atoms with van der Waals surface area (Å²) in [5.74, 6) is -3.08. The summed E-state index contributed by atoms with van der Waals surface area (Å²) in [6, 6.07) is -1.33. The lowest BCUT2D eigenvalue weighted by atomic mass is 10.1. The van der Waals surface area contributed by atoms with Crippen LogP contribution in [0.1, 0.15) is 75.2 Å². The van der Waals surface area contributed by atoms with E-state index in [1.54, 1.807) is 62.3 Å². The van der Waals surface area contributed by atoms with E-state index in [1.807, 2.05) is 0 Å². The Morgan fingerprint density at radius 3 is 1.82 bits per heavy atom. The van der Waals surface area contributed by atoms with Gasteiger partial charge in [0.05, 0.1) is 0 Å². The van der Waals surface area contributed by atoms with E-state index >= 15 is 0 Å². The Bertz CT molecular complexity index is 1030. The molecular weight excluding hydrogens is 530 g/mol. The van der Waals surface area contributed by atoms with Crippen molar-refractivity contribution in [1.82, 2.24) is 21.0 Å². The lowest BCUT2D eigenvalue weighted by molar-refractivity contribution is -0.197. The number of guanidine groups is 1. The average Bonchev–Trinajstić information content (AvgIpc) is 3.03. The minimum absolute atomic E-state index is 0.0281. The number of hydrogen-bond donors (Lipinski definition) is 3. The summed E-state index contributed by atoms with van der Waals surface area (Å²) in [6.45, 7) is 14.8. The van der Waals surface area contributed by atoms with Crippen LogP contribution >= 0.6 is 0 Å². The number of carbonyl (C=O) groups excluding carboxylic acids is 6. The van der Waals surface area contributed by atoms with Gasteiger partial charge in [-0.25, -0.2) is 19.2 Å². The summed E-state index contributed by atoms with van der Waals surface area (Å²) >= 11 is 0. The molecule has 1 atom stereocenters. The minimum Gasteiger partial charge on any atom is -0.444 e. The second-order valence-electron chi connectivity index (χ2n) is 11.5. The van der Waals surface area contributed by atoms with E-state index in [-0.39, 0.29) is 30.4 Å². The molecule has 15 heteroatoms.